The number of aliphatic carboxylic acids is 1. The largest absolute Gasteiger partial charge is 0.496 e. The lowest BCUT2D eigenvalue weighted by Gasteiger charge is -2.28. The number of ether oxygens (including phenoxy) is 2. The van der Waals surface area contributed by atoms with Gasteiger partial charge in [-0.3, -0.25) is 0 Å². The van der Waals surface area contributed by atoms with Crippen LogP contribution >= 0.6 is 0 Å². The molecule has 0 saturated heterocycles. The molecule has 0 bridgehead atoms. The third kappa shape index (κ3) is 4.01. The van der Waals surface area contributed by atoms with E-state index in [1.165, 1.54) is 25.3 Å². The predicted molar refractivity (Wildman–Crippen MR) is 89.5 cm³/mol. The topological polar surface area (TPSA) is 55.8 Å². The van der Waals surface area contributed by atoms with Crippen LogP contribution in [0.2, 0.25) is 0 Å². The number of methoxy groups -OCH3 is 1. The maximum atomic E-state index is 13.2. The maximum Gasteiger partial charge on any atom is 0.430 e. The molecule has 2 aromatic rings. The van der Waals surface area contributed by atoms with E-state index >= 15 is 0 Å². The molecular formula is C19H12F6O4. The van der Waals surface area contributed by atoms with Gasteiger partial charge in [0.25, 0.3) is 0 Å². The van der Waals surface area contributed by atoms with Crippen molar-refractivity contribution in [3.05, 3.63) is 53.1 Å². The number of carboxylic acid groups (broad SMARTS) is 1. The van der Waals surface area contributed by atoms with Gasteiger partial charge in [-0.2, -0.15) is 26.3 Å². The van der Waals surface area contributed by atoms with Crippen LogP contribution in [0.15, 0.2) is 42.0 Å². The summed E-state index contributed by atoms with van der Waals surface area (Å²) < 4.78 is 88.4. The number of hydrogen-bond acceptors (Lipinski definition) is 3. The zero-order valence-electron chi connectivity index (χ0n) is 14.6. The molecule has 0 spiro atoms. The Morgan fingerprint density at radius 1 is 1.10 bits per heavy atom. The van der Waals surface area contributed by atoms with E-state index in [0.717, 1.165) is 24.3 Å². The van der Waals surface area contributed by atoms with Gasteiger partial charge in [0, 0.05) is 17.2 Å². The monoisotopic (exact) mass is 418 g/mol. The lowest BCUT2D eigenvalue weighted by molar-refractivity contribution is -0.187. The van der Waals surface area contributed by atoms with Crippen molar-refractivity contribution in [3.63, 3.8) is 0 Å². The molecule has 1 atom stereocenters. The highest BCUT2D eigenvalue weighted by atomic mass is 19.4. The Labute approximate surface area is 160 Å². The van der Waals surface area contributed by atoms with Crippen molar-refractivity contribution >= 4 is 12.0 Å². The lowest BCUT2D eigenvalue weighted by Crippen LogP contribution is -2.40. The van der Waals surface area contributed by atoms with Crippen LogP contribution < -0.4 is 9.47 Å². The first-order valence-corrected chi connectivity index (χ1v) is 7.99. The fraction of sp³-hybridized carbons (Fsp3) is 0.211. The second-order valence-corrected chi connectivity index (χ2v) is 6.11. The summed E-state index contributed by atoms with van der Waals surface area (Å²) in [5, 5.41) is 9.11. The SMILES string of the molecule is COc1cc2c(cc1-c1cccc(C(F)(F)F)c1)C=C(C(=O)O)C(C(F)(F)F)O2. The number of rotatable bonds is 3. The third-order valence-corrected chi connectivity index (χ3v) is 4.22. The summed E-state index contributed by atoms with van der Waals surface area (Å²) in [5.74, 6) is -2.16. The Bertz CT molecular complexity index is 991. The first kappa shape index (κ1) is 20.6. The summed E-state index contributed by atoms with van der Waals surface area (Å²) in [6.45, 7) is 0. The molecule has 1 N–H and O–H groups in total. The van der Waals surface area contributed by atoms with E-state index in [2.05, 4.69) is 0 Å². The zero-order chi connectivity index (χ0) is 21.6. The van der Waals surface area contributed by atoms with E-state index in [4.69, 9.17) is 14.6 Å². The molecule has 1 aliphatic heterocycles. The summed E-state index contributed by atoms with van der Waals surface area (Å²) in [5.41, 5.74) is -1.78. The van der Waals surface area contributed by atoms with Gasteiger partial charge in [-0.05, 0) is 29.8 Å². The first-order valence-electron chi connectivity index (χ1n) is 7.99. The lowest BCUT2D eigenvalue weighted by atomic mass is 9.95. The van der Waals surface area contributed by atoms with Crippen molar-refractivity contribution in [1.29, 1.82) is 0 Å². The molecule has 0 aromatic heterocycles. The van der Waals surface area contributed by atoms with E-state index in [-0.39, 0.29) is 28.2 Å². The number of carboxylic acids is 1. The van der Waals surface area contributed by atoms with Crippen molar-refractivity contribution in [2.75, 3.05) is 7.11 Å². The number of hydrogen-bond donors (Lipinski definition) is 1. The van der Waals surface area contributed by atoms with Crippen LogP contribution in [0.1, 0.15) is 11.1 Å². The van der Waals surface area contributed by atoms with E-state index in [0.29, 0.717) is 0 Å². The summed E-state index contributed by atoms with van der Waals surface area (Å²) in [6, 6.07) is 6.56. The highest BCUT2D eigenvalue weighted by Crippen LogP contribution is 2.43. The van der Waals surface area contributed by atoms with E-state index < -0.39 is 35.6 Å². The smallest absolute Gasteiger partial charge is 0.430 e. The van der Waals surface area contributed by atoms with Gasteiger partial charge in [0.1, 0.15) is 11.5 Å². The number of fused-ring (bicyclic) bond motifs is 1. The molecular weight excluding hydrogens is 406 g/mol. The van der Waals surface area contributed by atoms with Crippen LogP contribution in [-0.4, -0.2) is 30.5 Å². The fourth-order valence-corrected chi connectivity index (χ4v) is 2.90. The van der Waals surface area contributed by atoms with Crippen molar-refractivity contribution < 1.29 is 45.7 Å². The molecule has 3 rings (SSSR count). The van der Waals surface area contributed by atoms with Crippen molar-refractivity contribution in [1.82, 2.24) is 0 Å². The van der Waals surface area contributed by atoms with E-state index in [1.807, 2.05) is 0 Å². The molecule has 4 nitrogen and oxygen atoms in total. The minimum atomic E-state index is -4.98. The van der Waals surface area contributed by atoms with Crippen LogP contribution in [0.25, 0.3) is 17.2 Å². The van der Waals surface area contributed by atoms with Crippen molar-refractivity contribution in [3.8, 4) is 22.6 Å². The maximum absolute atomic E-state index is 13.2. The molecule has 1 heterocycles. The normalized spacial score (nSPS) is 16.5. The van der Waals surface area contributed by atoms with Gasteiger partial charge in [-0.15, -0.1) is 0 Å². The third-order valence-electron chi connectivity index (χ3n) is 4.22. The minimum absolute atomic E-state index is 0.0313. The van der Waals surface area contributed by atoms with Crippen LogP contribution in [0, 0.1) is 0 Å². The second-order valence-electron chi connectivity index (χ2n) is 6.11. The quantitative estimate of drug-likeness (QED) is 0.699. The standard InChI is InChI=1S/C19H12F6O4/c1-28-15-8-14-10(7-13(17(26)27)16(29-14)19(23,24)25)6-12(15)9-3-2-4-11(5-9)18(20,21)22/h2-8,16H,1H3,(H,26,27). The number of halogens is 6. The second kappa shape index (κ2) is 7.02. The average molecular weight is 418 g/mol. The number of alkyl halides is 6. The Morgan fingerprint density at radius 2 is 1.79 bits per heavy atom. The van der Waals surface area contributed by atoms with Gasteiger partial charge in [0.05, 0.1) is 18.2 Å². The number of benzene rings is 2. The molecule has 154 valence electrons. The molecule has 29 heavy (non-hydrogen) atoms. The molecule has 2 aromatic carbocycles. The van der Waals surface area contributed by atoms with Crippen LogP contribution in [0.3, 0.4) is 0 Å². The Balaban J connectivity index is 2.17. The average Bonchev–Trinajstić information content (AvgIpc) is 2.64. The molecule has 0 saturated carbocycles. The fourth-order valence-electron chi connectivity index (χ4n) is 2.90. The van der Waals surface area contributed by atoms with Gasteiger partial charge in [0.15, 0.2) is 0 Å². The summed E-state index contributed by atoms with van der Waals surface area (Å²) in [7, 11) is 1.20. The zero-order valence-corrected chi connectivity index (χ0v) is 14.6. The van der Waals surface area contributed by atoms with Crippen molar-refractivity contribution in [2.24, 2.45) is 0 Å². The van der Waals surface area contributed by atoms with Gasteiger partial charge in [-0.25, -0.2) is 4.79 Å². The molecule has 10 heteroatoms. The van der Waals surface area contributed by atoms with Gasteiger partial charge in [-0.1, -0.05) is 12.1 Å². The molecule has 0 radical (unpaired) electrons. The number of carbonyl (C=O) groups is 1. The Morgan fingerprint density at radius 3 is 2.34 bits per heavy atom. The van der Waals surface area contributed by atoms with Gasteiger partial charge >= 0.3 is 18.3 Å². The Hall–Kier alpha value is -3.17. The summed E-state index contributed by atoms with van der Waals surface area (Å²) >= 11 is 0. The molecule has 1 unspecified atom stereocenters. The highest BCUT2D eigenvalue weighted by Gasteiger charge is 2.48. The van der Waals surface area contributed by atoms with E-state index in [9.17, 15) is 31.1 Å². The van der Waals surface area contributed by atoms with Crippen molar-refractivity contribution in [2.45, 2.75) is 18.5 Å². The van der Waals surface area contributed by atoms with Crippen LogP contribution in [0.4, 0.5) is 26.3 Å². The predicted octanol–water partition coefficient (Wildman–Crippen LogP) is 5.17. The van der Waals surface area contributed by atoms with Gasteiger partial charge in [0.2, 0.25) is 6.10 Å². The Kier molecular flexibility index (Phi) is 4.97. The summed E-state index contributed by atoms with van der Waals surface area (Å²) in [4.78, 5) is 11.3. The summed E-state index contributed by atoms with van der Waals surface area (Å²) in [6.07, 6.45) is -11.5. The van der Waals surface area contributed by atoms with E-state index in [1.54, 1.807) is 0 Å². The highest BCUT2D eigenvalue weighted by molar-refractivity contribution is 5.95. The minimum Gasteiger partial charge on any atom is -0.496 e. The molecule has 0 aliphatic carbocycles. The van der Waals surface area contributed by atoms with Gasteiger partial charge < -0.3 is 14.6 Å². The van der Waals surface area contributed by atoms with Crippen LogP contribution in [-0.2, 0) is 11.0 Å². The van der Waals surface area contributed by atoms with Crippen LogP contribution in [0.5, 0.6) is 11.5 Å². The molecule has 0 amide bonds. The molecule has 1 aliphatic rings. The molecule has 0 fully saturated rings. The first-order chi connectivity index (χ1) is 13.4.